The molecular formula is C11H14BrNO3. The van der Waals surface area contributed by atoms with E-state index in [4.69, 9.17) is 9.84 Å². The van der Waals surface area contributed by atoms with E-state index in [1.807, 2.05) is 18.2 Å². The van der Waals surface area contributed by atoms with Crippen molar-refractivity contribution in [3.05, 3.63) is 28.2 Å². The average molecular weight is 288 g/mol. The van der Waals surface area contributed by atoms with Gasteiger partial charge in [0, 0.05) is 11.0 Å². The summed E-state index contributed by atoms with van der Waals surface area (Å²) in [6.07, 6.45) is 0. The summed E-state index contributed by atoms with van der Waals surface area (Å²) in [4.78, 5) is 10.6. The van der Waals surface area contributed by atoms with Gasteiger partial charge in [0.1, 0.15) is 11.8 Å². The lowest BCUT2D eigenvalue weighted by molar-refractivity contribution is -0.139. The van der Waals surface area contributed by atoms with Gasteiger partial charge in [-0.25, -0.2) is 0 Å². The van der Waals surface area contributed by atoms with Gasteiger partial charge < -0.3 is 15.2 Å². The molecule has 4 nitrogen and oxygen atoms in total. The number of nitrogens with one attached hydrogen (secondary N) is 1. The van der Waals surface area contributed by atoms with E-state index in [2.05, 4.69) is 21.2 Å². The Morgan fingerprint density at radius 1 is 1.62 bits per heavy atom. The van der Waals surface area contributed by atoms with Gasteiger partial charge >= 0.3 is 5.97 Å². The van der Waals surface area contributed by atoms with Crippen molar-refractivity contribution in [1.29, 1.82) is 0 Å². The van der Waals surface area contributed by atoms with Gasteiger partial charge in [0.25, 0.3) is 0 Å². The van der Waals surface area contributed by atoms with Crippen LogP contribution in [-0.4, -0.2) is 24.2 Å². The number of hydrogen-bond acceptors (Lipinski definition) is 3. The molecule has 0 fully saturated rings. The van der Waals surface area contributed by atoms with Crippen LogP contribution in [0.15, 0.2) is 22.7 Å². The third-order valence-corrected chi connectivity index (χ3v) is 3.00. The van der Waals surface area contributed by atoms with Crippen molar-refractivity contribution in [2.24, 2.45) is 0 Å². The number of methoxy groups -OCH3 is 1. The fourth-order valence-electron chi connectivity index (χ4n) is 1.16. The van der Waals surface area contributed by atoms with E-state index in [1.165, 1.54) is 0 Å². The van der Waals surface area contributed by atoms with Crippen molar-refractivity contribution in [3.8, 4) is 5.75 Å². The quantitative estimate of drug-likeness (QED) is 0.870. The van der Waals surface area contributed by atoms with Crippen LogP contribution in [0.4, 0.5) is 0 Å². The molecule has 0 heterocycles. The molecule has 1 aromatic carbocycles. The molecule has 88 valence electrons. The Labute approximate surface area is 103 Å². The third kappa shape index (κ3) is 3.50. The summed E-state index contributed by atoms with van der Waals surface area (Å²) in [6, 6.07) is 5.01. The fourth-order valence-corrected chi connectivity index (χ4v) is 1.55. The second-order valence-electron chi connectivity index (χ2n) is 3.40. The molecular weight excluding hydrogens is 274 g/mol. The first kappa shape index (κ1) is 13.0. The SMILES string of the molecule is COc1ccc(Br)c(CN[C@H](C)C(=O)O)c1. The molecule has 1 rings (SSSR count). The van der Waals surface area contributed by atoms with Crippen LogP contribution in [0.5, 0.6) is 5.75 Å². The molecule has 0 saturated carbocycles. The summed E-state index contributed by atoms with van der Waals surface area (Å²) < 4.78 is 6.03. The molecule has 0 aromatic heterocycles. The smallest absolute Gasteiger partial charge is 0.320 e. The summed E-state index contributed by atoms with van der Waals surface area (Å²) in [5, 5.41) is 11.6. The second kappa shape index (κ2) is 5.86. The molecule has 0 bridgehead atoms. The normalized spacial score (nSPS) is 12.2. The Morgan fingerprint density at radius 2 is 2.31 bits per heavy atom. The maximum Gasteiger partial charge on any atom is 0.320 e. The Bertz CT molecular complexity index is 381. The summed E-state index contributed by atoms with van der Waals surface area (Å²) in [5.41, 5.74) is 0.965. The topological polar surface area (TPSA) is 58.6 Å². The van der Waals surface area contributed by atoms with E-state index < -0.39 is 12.0 Å². The van der Waals surface area contributed by atoms with Crippen LogP contribution in [0.25, 0.3) is 0 Å². The van der Waals surface area contributed by atoms with Crippen LogP contribution in [0.1, 0.15) is 12.5 Å². The highest BCUT2D eigenvalue weighted by Gasteiger charge is 2.10. The van der Waals surface area contributed by atoms with Gasteiger partial charge in [0.15, 0.2) is 0 Å². The van der Waals surface area contributed by atoms with E-state index in [9.17, 15) is 4.79 Å². The maximum atomic E-state index is 10.6. The number of ether oxygens (including phenoxy) is 1. The van der Waals surface area contributed by atoms with Gasteiger partial charge in [-0.3, -0.25) is 4.79 Å². The van der Waals surface area contributed by atoms with E-state index in [0.717, 1.165) is 15.8 Å². The van der Waals surface area contributed by atoms with Crippen LogP contribution in [0.3, 0.4) is 0 Å². The van der Waals surface area contributed by atoms with Crippen molar-refractivity contribution in [2.75, 3.05) is 7.11 Å². The number of rotatable bonds is 5. The molecule has 0 aliphatic carbocycles. The molecule has 0 aliphatic rings. The minimum absolute atomic E-state index is 0.477. The Morgan fingerprint density at radius 3 is 2.88 bits per heavy atom. The Hall–Kier alpha value is -1.07. The maximum absolute atomic E-state index is 10.6. The van der Waals surface area contributed by atoms with Crippen molar-refractivity contribution in [1.82, 2.24) is 5.32 Å². The van der Waals surface area contributed by atoms with E-state index in [-0.39, 0.29) is 0 Å². The monoisotopic (exact) mass is 287 g/mol. The fraction of sp³-hybridized carbons (Fsp3) is 0.364. The van der Waals surface area contributed by atoms with Crippen LogP contribution in [-0.2, 0) is 11.3 Å². The number of benzene rings is 1. The number of carboxylic acids is 1. The van der Waals surface area contributed by atoms with Crippen molar-refractivity contribution < 1.29 is 14.6 Å². The molecule has 0 amide bonds. The molecule has 16 heavy (non-hydrogen) atoms. The molecule has 0 saturated heterocycles. The highest BCUT2D eigenvalue weighted by Crippen LogP contribution is 2.22. The zero-order valence-corrected chi connectivity index (χ0v) is 10.7. The van der Waals surface area contributed by atoms with Crippen LogP contribution < -0.4 is 10.1 Å². The lowest BCUT2D eigenvalue weighted by Crippen LogP contribution is -2.33. The lowest BCUT2D eigenvalue weighted by atomic mass is 10.2. The summed E-state index contributed by atoms with van der Waals surface area (Å²) >= 11 is 3.40. The summed E-state index contributed by atoms with van der Waals surface area (Å²) in [6.45, 7) is 2.08. The predicted octanol–water partition coefficient (Wildman–Crippen LogP) is 2.02. The van der Waals surface area contributed by atoms with Gasteiger partial charge in [0.2, 0.25) is 0 Å². The average Bonchev–Trinajstić information content (AvgIpc) is 2.27. The first-order chi connectivity index (χ1) is 7.54. The standard InChI is InChI=1S/C11H14BrNO3/c1-7(11(14)15)13-6-8-5-9(16-2)3-4-10(8)12/h3-5,7,13H,6H2,1-2H3,(H,14,15)/t7-/m1/s1. The van der Waals surface area contributed by atoms with Gasteiger partial charge in [-0.1, -0.05) is 15.9 Å². The van der Waals surface area contributed by atoms with Crippen molar-refractivity contribution >= 4 is 21.9 Å². The Kier molecular flexibility index (Phi) is 4.76. The predicted molar refractivity (Wildman–Crippen MR) is 64.6 cm³/mol. The first-order valence-corrected chi connectivity index (χ1v) is 5.62. The largest absolute Gasteiger partial charge is 0.497 e. The van der Waals surface area contributed by atoms with Gasteiger partial charge in [-0.2, -0.15) is 0 Å². The van der Waals surface area contributed by atoms with Gasteiger partial charge in [-0.15, -0.1) is 0 Å². The highest BCUT2D eigenvalue weighted by atomic mass is 79.9. The summed E-state index contributed by atoms with van der Waals surface area (Å²) in [7, 11) is 1.60. The second-order valence-corrected chi connectivity index (χ2v) is 4.25. The van der Waals surface area contributed by atoms with E-state index in [1.54, 1.807) is 14.0 Å². The number of aliphatic carboxylic acids is 1. The van der Waals surface area contributed by atoms with E-state index >= 15 is 0 Å². The van der Waals surface area contributed by atoms with E-state index in [0.29, 0.717) is 6.54 Å². The molecule has 0 spiro atoms. The molecule has 0 radical (unpaired) electrons. The lowest BCUT2D eigenvalue weighted by Gasteiger charge is -2.11. The number of hydrogen-bond donors (Lipinski definition) is 2. The first-order valence-electron chi connectivity index (χ1n) is 4.83. The Balaban J connectivity index is 2.69. The summed E-state index contributed by atoms with van der Waals surface area (Å²) in [5.74, 6) is -0.109. The zero-order chi connectivity index (χ0) is 12.1. The molecule has 1 aromatic rings. The molecule has 1 atom stereocenters. The van der Waals surface area contributed by atoms with Crippen LogP contribution in [0.2, 0.25) is 0 Å². The molecule has 5 heteroatoms. The molecule has 2 N–H and O–H groups in total. The third-order valence-electron chi connectivity index (χ3n) is 2.22. The zero-order valence-electron chi connectivity index (χ0n) is 9.16. The minimum atomic E-state index is -0.862. The number of carbonyl (C=O) groups is 1. The van der Waals surface area contributed by atoms with Crippen LogP contribution >= 0.6 is 15.9 Å². The van der Waals surface area contributed by atoms with Crippen molar-refractivity contribution in [2.45, 2.75) is 19.5 Å². The van der Waals surface area contributed by atoms with Gasteiger partial charge in [0.05, 0.1) is 7.11 Å². The number of halogens is 1. The molecule has 0 unspecified atom stereocenters. The molecule has 0 aliphatic heterocycles. The number of carboxylic acid groups (broad SMARTS) is 1. The van der Waals surface area contributed by atoms with Crippen molar-refractivity contribution in [3.63, 3.8) is 0 Å². The highest BCUT2D eigenvalue weighted by molar-refractivity contribution is 9.10. The van der Waals surface area contributed by atoms with Gasteiger partial charge in [-0.05, 0) is 30.7 Å². The van der Waals surface area contributed by atoms with Crippen LogP contribution in [0, 0.1) is 0 Å². The minimum Gasteiger partial charge on any atom is -0.497 e.